The zero-order valence-electron chi connectivity index (χ0n) is 14.2. The zero-order valence-corrected chi connectivity index (χ0v) is 17.4. The summed E-state index contributed by atoms with van der Waals surface area (Å²) in [5.74, 6) is 1.59. The third-order valence-corrected chi connectivity index (χ3v) is 5.78. The average molecular weight is 457 g/mol. The van der Waals surface area contributed by atoms with Crippen molar-refractivity contribution in [2.75, 3.05) is 0 Å². The third kappa shape index (κ3) is 4.26. The molecule has 3 aromatic carbocycles. The minimum Gasteiger partial charge on any atom is -0.270 e. The summed E-state index contributed by atoms with van der Waals surface area (Å²) in [4.78, 5) is 0. The minimum atomic E-state index is 0.680. The largest absolute Gasteiger partial charge is 0.270 e. The van der Waals surface area contributed by atoms with E-state index in [1.807, 2.05) is 42.5 Å². The number of rotatable bonds is 5. The molecule has 1 aromatic heterocycles. The number of hydrogen-bond acceptors (Lipinski definition) is 3. The standard InChI is InChI=1S/C21H15BrClN3S/c22-17-11-9-15(10-12-17)14-27-21-25-24-20(16-5-4-6-18(23)13-16)26(21)19-7-2-1-3-8-19/h1-13H,14H2. The molecule has 27 heavy (non-hydrogen) atoms. The van der Waals surface area contributed by atoms with Gasteiger partial charge in [0.05, 0.1) is 0 Å². The summed E-state index contributed by atoms with van der Waals surface area (Å²) in [7, 11) is 0. The molecule has 0 radical (unpaired) electrons. The number of thioether (sulfide) groups is 1. The van der Waals surface area contributed by atoms with Crippen molar-refractivity contribution in [1.82, 2.24) is 14.8 Å². The topological polar surface area (TPSA) is 30.7 Å². The third-order valence-electron chi connectivity index (χ3n) is 4.01. The van der Waals surface area contributed by atoms with Gasteiger partial charge in [-0.25, -0.2) is 0 Å². The highest BCUT2D eigenvalue weighted by molar-refractivity contribution is 9.10. The number of nitrogens with zero attached hydrogens (tertiary/aromatic N) is 3. The van der Waals surface area contributed by atoms with Crippen LogP contribution in [0.15, 0.2) is 88.5 Å². The molecule has 0 fully saturated rings. The van der Waals surface area contributed by atoms with Gasteiger partial charge in [0.15, 0.2) is 11.0 Å². The highest BCUT2D eigenvalue weighted by Crippen LogP contribution is 2.30. The van der Waals surface area contributed by atoms with Crippen molar-refractivity contribution < 1.29 is 0 Å². The molecule has 0 atom stereocenters. The Labute approximate surface area is 175 Å². The summed E-state index contributed by atoms with van der Waals surface area (Å²) in [5.41, 5.74) is 3.19. The Bertz CT molecular complexity index is 1050. The van der Waals surface area contributed by atoms with Gasteiger partial charge < -0.3 is 0 Å². The van der Waals surface area contributed by atoms with E-state index in [0.29, 0.717) is 5.02 Å². The molecule has 0 saturated carbocycles. The van der Waals surface area contributed by atoms with Crippen LogP contribution < -0.4 is 0 Å². The summed E-state index contributed by atoms with van der Waals surface area (Å²) in [5, 5.41) is 10.4. The average Bonchev–Trinajstić information content (AvgIpc) is 3.12. The van der Waals surface area contributed by atoms with Crippen molar-refractivity contribution in [1.29, 1.82) is 0 Å². The maximum Gasteiger partial charge on any atom is 0.196 e. The second kappa shape index (κ2) is 8.30. The van der Waals surface area contributed by atoms with Gasteiger partial charge in [0.25, 0.3) is 0 Å². The Morgan fingerprint density at radius 3 is 2.41 bits per heavy atom. The van der Waals surface area contributed by atoms with Crippen LogP contribution in [-0.2, 0) is 5.75 Å². The van der Waals surface area contributed by atoms with Crippen LogP contribution in [0.1, 0.15) is 5.56 Å². The zero-order chi connectivity index (χ0) is 18.6. The van der Waals surface area contributed by atoms with Crippen LogP contribution >= 0.6 is 39.3 Å². The van der Waals surface area contributed by atoms with Gasteiger partial charge in [-0.3, -0.25) is 4.57 Å². The van der Waals surface area contributed by atoms with Gasteiger partial charge in [-0.1, -0.05) is 81.8 Å². The maximum absolute atomic E-state index is 6.19. The molecule has 0 aliphatic heterocycles. The SMILES string of the molecule is Clc1cccc(-c2nnc(SCc3ccc(Br)cc3)n2-c2ccccc2)c1. The Morgan fingerprint density at radius 2 is 1.67 bits per heavy atom. The molecule has 0 amide bonds. The fourth-order valence-electron chi connectivity index (χ4n) is 2.72. The second-order valence-electron chi connectivity index (χ2n) is 5.90. The van der Waals surface area contributed by atoms with E-state index >= 15 is 0 Å². The van der Waals surface area contributed by atoms with Gasteiger partial charge in [0.2, 0.25) is 0 Å². The van der Waals surface area contributed by atoms with Crippen molar-refractivity contribution in [3.8, 4) is 17.1 Å². The van der Waals surface area contributed by atoms with E-state index in [9.17, 15) is 0 Å². The van der Waals surface area contributed by atoms with Crippen molar-refractivity contribution in [3.05, 3.63) is 93.9 Å². The van der Waals surface area contributed by atoms with Gasteiger partial charge >= 0.3 is 0 Å². The van der Waals surface area contributed by atoms with E-state index in [1.165, 1.54) is 5.56 Å². The first-order chi connectivity index (χ1) is 13.2. The number of para-hydroxylation sites is 1. The molecule has 6 heteroatoms. The monoisotopic (exact) mass is 455 g/mol. The van der Waals surface area contributed by atoms with Crippen molar-refractivity contribution in [2.45, 2.75) is 10.9 Å². The number of benzene rings is 3. The molecule has 0 unspecified atom stereocenters. The number of halogens is 2. The minimum absolute atomic E-state index is 0.680. The van der Waals surface area contributed by atoms with Crippen LogP contribution in [0, 0.1) is 0 Å². The summed E-state index contributed by atoms with van der Waals surface area (Å²) in [6.07, 6.45) is 0. The molecule has 0 aliphatic rings. The Hall–Kier alpha value is -2.08. The van der Waals surface area contributed by atoms with Crippen LogP contribution in [0.3, 0.4) is 0 Å². The van der Waals surface area contributed by atoms with Crippen LogP contribution in [-0.4, -0.2) is 14.8 Å². The summed E-state index contributed by atoms with van der Waals surface area (Å²) >= 11 is 11.3. The Kier molecular flexibility index (Phi) is 5.62. The highest BCUT2D eigenvalue weighted by Gasteiger charge is 2.16. The van der Waals surface area contributed by atoms with E-state index in [2.05, 4.69) is 67.1 Å². The lowest BCUT2D eigenvalue weighted by atomic mass is 10.2. The van der Waals surface area contributed by atoms with Crippen LogP contribution in [0.4, 0.5) is 0 Å². The van der Waals surface area contributed by atoms with E-state index < -0.39 is 0 Å². The normalized spacial score (nSPS) is 10.9. The van der Waals surface area contributed by atoms with Gasteiger partial charge in [-0.2, -0.15) is 0 Å². The molecule has 0 N–H and O–H groups in total. The molecular weight excluding hydrogens is 442 g/mol. The molecule has 0 bridgehead atoms. The molecule has 4 rings (SSSR count). The summed E-state index contributed by atoms with van der Waals surface area (Å²) in [6, 6.07) is 26.2. The fourth-order valence-corrected chi connectivity index (χ4v) is 4.08. The molecule has 0 spiro atoms. The van der Waals surface area contributed by atoms with Gasteiger partial charge in [0, 0.05) is 26.5 Å². The lowest BCUT2D eigenvalue weighted by Gasteiger charge is -2.10. The second-order valence-corrected chi connectivity index (χ2v) is 8.20. The first-order valence-corrected chi connectivity index (χ1v) is 10.5. The first kappa shape index (κ1) is 18.3. The number of hydrogen-bond donors (Lipinski definition) is 0. The molecule has 4 aromatic rings. The molecule has 0 saturated heterocycles. The van der Waals surface area contributed by atoms with Crippen molar-refractivity contribution >= 4 is 39.3 Å². The van der Waals surface area contributed by atoms with Gasteiger partial charge in [-0.05, 0) is 42.0 Å². The van der Waals surface area contributed by atoms with Crippen LogP contribution in [0.2, 0.25) is 5.02 Å². The van der Waals surface area contributed by atoms with Crippen molar-refractivity contribution in [2.24, 2.45) is 0 Å². The predicted molar refractivity (Wildman–Crippen MR) is 116 cm³/mol. The van der Waals surface area contributed by atoms with E-state index in [-0.39, 0.29) is 0 Å². The summed E-state index contributed by atoms with van der Waals surface area (Å²) < 4.78 is 3.15. The summed E-state index contributed by atoms with van der Waals surface area (Å²) in [6.45, 7) is 0. The van der Waals surface area contributed by atoms with E-state index in [1.54, 1.807) is 11.8 Å². The van der Waals surface area contributed by atoms with E-state index in [4.69, 9.17) is 11.6 Å². The number of aromatic nitrogens is 3. The fraction of sp³-hybridized carbons (Fsp3) is 0.0476. The maximum atomic E-state index is 6.19. The highest BCUT2D eigenvalue weighted by atomic mass is 79.9. The molecule has 3 nitrogen and oxygen atoms in total. The van der Waals surface area contributed by atoms with Crippen LogP contribution in [0.25, 0.3) is 17.1 Å². The van der Waals surface area contributed by atoms with Gasteiger partial charge in [-0.15, -0.1) is 10.2 Å². The Morgan fingerprint density at radius 1 is 0.889 bits per heavy atom. The molecule has 134 valence electrons. The van der Waals surface area contributed by atoms with Crippen LogP contribution in [0.5, 0.6) is 0 Å². The predicted octanol–water partition coefficient (Wildman–Crippen LogP) is 6.64. The Balaban J connectivity index is 1.72. The van der Waals surface area contributed by atoms with E-state index in [0.717, 1.165) is 32.5 Å². The van der Waals surface area contributed by atoms with Gasteiger partial charge in [0.1, 0.15) is 0 Å². The first-order valence-electron chi connectivity index (χ1n) is 8.35. The van der Waals surface area contributed by atoms with Crippen molar-refractivity contribution in [3.63, 3.8) is 0 Å². The lowest BCUT2D eigenvalue weighted by molar-refractivity contribution is 0.886. The quantitative estimate of drug-likeness (QED) is 0.315. The molecule has 1 heterocycles. The lowest BCUT2D eigenvalue weighted by Crippen LogP contribution is -1.99. The molecular formula is C21H15BrClN3S. The smallest absolute Gasteiger partial charge is 0.196 e. The molecule has 0 aliphatic carbocycles.